The summed E-state index contributed by atoms with van der Waals surface area (Å²) in [6.07, 6.45) is 4.95. The summed E-state index contributed by atoms with van der Waals surface area (Å²) in [5.74, 6) is -0.394. The number of aliphatic hydroxyl groups excluding tert-OH is 1. The van der Waals surface area contributed by atoms with Crippen molar-refractivity contribution in [2.45, 2.75) is 43.9 Å². The number of carbonyl (C=O) groups excluding carboxylic acids is 1. The molecule has 0 unspecified atom stereocenters. The van der Waals surface area contributed by atoms with Crippen LogP contribution in [-0.2, 0) is 16.4 Å². The third kappa shape index (κ3) is 7.17. The normalized spacial score (nSPS) is 11.2. The van der Waals surface area contributed by atoms with Gasteiger partial charge in [-0.15, -0.1) is 0 Å². The molecule has 0 atom stereocenters. The summed E-state index contributed by atoms with van der Waals surface area (Å²) in [7, 11) is -3.82. The first kappa shape index (κ1) is 24.5. The summed E-state index contributed by atoms with van der Waals surface area (Å²) in [6.45, 7) is 2.13. The molecule has 3 aromatic carbocycles. The standard InChI is InChI=1S/C26H30N2O4S/c1-20-11-17-23(18-12-20)33(31,32)28-25-10-6-5-9-24(25)26(30)27-22-15-13-21(14-16-22)8-4-2-3-7-19-29/h5-6,9-18,28-29H,2-4,7-8,19H2,1H3,(H,27,30). The molecule has 3 rings (SSSR count). The number of hydrogen-bond donors (Lipinski definition) is 3. The molecule has 0 heterocycles. The summed E-state index contributed by atoms with van der Waals surface area (Å²) in [6, 6.07) is 20.7. The summed E-state index contributed by atoms with van der Waals surface area (Å²) in [5, 5.41) is 11.7. The number of nitrogens with one attached hydrogen (secondary N) is 2. The number of rotatable bonds is 11. The number of hydrogen-bond acceptors (Lipinski definition) is 4. The van der Waals surface area contributed by atoms with E-state index in [0.717, 1.165) is 37.7 Å². The van der Waals surface area contributed by atoms with Crippen molar-refractivity contribution in [3.63, 3.8) is 0 Å². The van der Waals surface area contributed by atoms with E-state index in [-0.39, 0.29) is 22.8 Å². The number of aliphatic hydroxyl groups is 1. The Kier molecular flexibility index (Phi) is 8.63. The number of para-hydroxylation sites is 1. The van der Waals surface area contributed by atoms with Crippen LogP contribution in [0.1, 0.15) is 47.2 Å². The van der Waals surface area contributed by atoms with E-state index in [4.69, 9.17) is 5.11 Å². The Bertz CT molecular complexity index is 1160. The van der Waals surface area contributed by atoms with Crippen LogP contribution < -0.4 is 10.0 Å². The van der Waals surface area contributed by atoms with E-state index in [1.807, 2.05) is 31.2 Å². The lowest BCUT2D eigenvalue weighted by molar-refractivity contribution is 0.102. The van der Waals surface area contributed by atoms with Gasteiger partial charge in [0, 0.05) is 12.3 Å². The molecule has 0 fully saturated rings. The van der Waals surface area contributed by atoms with Crippen LogP contribution in [0.5, 0.6) is 0 Å². The van der Waals surface area contributed by atoms with Gasteiger partial charge in [0.1, 0.15) is 0 Å². The van der Waals surface area contributed by atoms with E-state index in [9.17, 15) is 13.2 Å². The van der Waals surface area contributed by atoms with Crippen LogP contribution in [0, 0.1) is 6.92 Å². The summed E-state index contributed by atoms with van der Waals surface area (Å²) in [5.41, 5.74) is 3.24. The number of unbranched alkanes of at least 4 members (excludes halogenated alkanes) is 3. The van der Waals surface area contributed by atoms with Crippen molar-refractivity contribution in [2.75, 3.05) is 16.6 Å². The van der Waals surface area contributed by atoms with Crippen LogP contribution in [0.25, 0.3) is 0 Å². The molecule has 33 heavy (non-hydrogen) atoms. The van der Waals surface area contributed by atoms with Crippen molar-refractivity contribution in [3.05, 3.63) is 89.5 Å². The first-order valence-corrected chi connectivity index (χ1v) is 12.6. The van der Waals surface area contributed by atoms with Gasteiger partial charge in [-0.25, -0.2) is 8.42 Å². The molecule has 6 nitrogen and oxygen atoms in total. The minimum absolute atomic E-state index is 0.135. The minimum atomic E-state index is -3.82. The van der Waals surface area contributed by atoms with Gasteiger partial charge in [-0.1, -0.05) is 54.8 Å². The summed E-state index contributed by atoms with van der Waals surface area (Å²) >= 11 is 0. The van der Waals surface area contributed by atoms with Crippen molar-refractivity contribution in [3.8, 4) is 0 Å². The van der Waals surface area contributed by atoms with Gasteiger partial charge in [-0.2, -0.15) is 0 Å². The fourth-order valence-corrected chi connectivity index (χ4v) is 4.52. The van der Waals surface area contributed by atoms with Gasteiger partial charge in [0.15, 0.2) is 0 Å². The molecule has 1 amide bonds. The van der Waals surface area contributed by atoms with E-state index in [1.165, 1.54) is 17.7 Å². The summed E-state index contributed by atoms with van der Waals surface area (Å²) in [4.78, 5) is 13.0. The Labute approximate surface area is 195 Å². The Morgan fingerprint density at radius 2 is 1.52 bits per heavy atom. The second-order valence-electron chi connectivity index (χ2n) is 8.00. The van der Waals surface area contributed by atoms with Crippen molar-refractivity contribution in [1.29, 1.82) is 0 Å². The molecule has 7 heteroatoms. The quantitative estimate of drug-likeness (QED) is 0.341. The van der Waals surface area contributed by atoms with Crippen LogP contribution in [0.2, 0.25) is 0 Å². The predicted octanol–water partition coefficient (Wildman–Crippen LogP) is 5.14. The fraction of sp³-hybridized carbons (Fsp3) is 0.269. The Morgan fingerprint density at radius 3 is 2.21 bits per heavy atom. The zero-order valence-electron chi connectivity index (χ0n) is 18.8. The molecule has 0 radical (unpaired) electrons. The van der Waals surface area contributed by atoms with E-state index in [0.29, 0.717) is 5.69 Å². The second kappa shape index (κ2) is 11.6. The maximum absolute atomic E-state index is 12.9. The topological polar surface area (TPSA) is 95.5 Å². The van der Waals surface area contributed by atoms with E-state index in [1.54, 1.807) is 36.4 Å². The highest BCUT2D eigenvalue weighted by Crippen LogP contribution is 2.22. The van der Waals surface area contributed by atoms with Gasteiger partial charge < -0.3 is 10.4 Å². The molecule has 0 aromatic heterocycles. The van der Waals surface area contributed by atoms with E-state index < -0.39 is 15.9 Å². The number of sulfonamides is 1. The Morgan fingerprint density at radius 1 is 0.848 bits per heavy atom. The molecule has 0 aliphatic carbocycles. The largest absolute Gasteiger partial charge is 0.396 e. The summed E-state index contributed by atoms with van der Waals surface area (Å²) < 4.78 is 28.1. The highest BCUT2D eigenvalue weighted by molar-refractivity contribution is 7.92. The molecule has 0 saturated heterocycles. The predicted molar refractivity (Wildman–Crippen MR) is 132 cm³/mol. The monoisotopic (exact) mass is 466 g/mol. The number of carbonyl (C=O) groups is 1. The van der Waals surface area contributed by atoms with E-state index >= 15 is 0 Å². The lowest BCUT2D eigenvalue weighted by Crippen LogP contribution is -2.18. The van der Waals surface area contributed by atoms with Crippen LogP contribution in [0.3, 0.4) is 0 Å². The third-order valence-electron chi connectivity index (χ3n) is 5.33. The van der Waals surface area contributed by atoms with Crippen LogP contribution in [0.4, 0.5) is 11.4 Å². The Balaban J connectivity index is 1.66. The van der Waals surface area contributed by atoms with Gasteiger partial charge in [0.2, 0.25) is 0 Å². The zero-order valence-corrected chi connectivity index (χ0v) is 19.6. The highest BCUT2D eigenvalue weighted by Gasteiger charge is 2.18. The van der Waals surface area contributed by atoms with Crippen LogP contribution in [-0.4, -0.2) is 26.0 Å². The molecule has 0 aliphatic rings. The number of benzene rings is 3. The zero-order chi connectivity index (χ0) is 23.7. The molecule has 0 aliphatic heterocycles. The van der Waals surface area contributed by atoms with Gasteiger partial charge >= 0.3 is 0 Å². The van der Waals surface area contributed by atoms with Gasteiger partial charge in [0.25, 0.3) is 15.9 Å². The first-order valence-electron chi connectivity index (χ1n) is 11.1. The molecular formula is C26H30N2O4S. The second-order valence-corrected chi connectivity index (χ2v) is 9.69. The molecule has 3 N–H and O–H groups in total. The van der Waals surface area contributed by atoms with Gasteiger partial charge in [-0.3, -0.25) is 9.52 Å². The highest BCUT2D eigenvalue weighted by atomic mass is 32.2. The lowest BCUT2D eigenvalue weighted by Gasteiger charge is -2.13. The van der Waals surface area contributed by atoms with Crippen molar-refractivity contribution in [2.24, 2.45) is 0 Å². The van der Waals surface area contributed by atoms with Gasteiger partial charge in [0.05, 0.1) is 16.1 Å². The number of amides is 1. The van der Waals surface area contributed by atoms with Crippen molar-refractivity contribution >= 4 is 27.3 Å². The average Bonchev–Trinajstić information content (AvgIpc) is 2.80. The minimum Gasteiger partial charge on any atom is -0.396 e. The number of anilines is 2. The maximum Gasteiger partial charge on any atom is 0.261 e. The molecule has 174 valence electrons. The van der Waals surface area contributed by atoms with Crippen LogP contribution >= 0.6 is 0 Å². The molecular weight excluding hydrogens is 436 g/mol. The van der Waals surface area contributed by atoms with E-state index in [2.05, 4.69) is 10.0 Å². The third-order valence-corrected chi connectivity index (χ3v) is 6.71. The Hall–Kier alpha value is -3.16. The lowest BCUT2D eigenvalue weighted by atomic mass is 10.1. The first-order chi connectivity index (χ1) is 15.9. The molecule has 0 saturated carbocycles. The van der Waals surface area contributed by atoms with Crippen molar-refractivity contribution in [1.82, 2.24) is 0 Å². The fourth-order valence-electron chi connectivity index (χ4n) is 3.44. The average molecular weight is 467 g/mol. The van der Waals surface area contributed by atoms with Gasteiger partial charge in [-0.05, 0) is 68.1 Å². The maximum atomic E-state index is 12.9. The molecule has 3 aromatic rings. The van der Waals surface area contributed by atoms with Crippen molar-refractivity contribution < 1.29 is 18.3 Å². The molecule has 0 spiro atoms. The number of aryl methyl sites for hydroxylation is 2. The SMILES string of the molecule is Cc1ccc(S(=O)(=O)Nc2ccccc2C(=O)Nc2ccc(CCCCCCO)cc2)cc1. The smallest absolute Gasteiger partial charge is 0.261 e. The van der Waals surface area contributed by atoms with Crippen LogP contribution in [0.15, 0.2) is 77.7 Å². The molecule has 0 bridgehead atoms.